The maximum absolute atomic E-state index is 14.5. The highest BCUT2D eigenvalue weighted by atomic mass is 16.2. The highest BCUT2D eigenvalue weighted by molar-refractivity contribution is 5.86. The molecular weight excluding hydrogens is 721 g/mol. The van der Waals surface area contributed by atoms with E-state index in [1.54, 1.807) is 6.33 Å². The van der Waals surface area contributed by atoms with Crippen LogP contribution in [0.5, 0.6) is 0 Å². The van der Waals surface area contributed by atoms with E-state index < -0.39 is 0 Å². The van der Waals surface area contributed by atoms with Gasteiger partial charge in [-0.15, -0.1) is 0 Å². The van der Waals surface area contributed by atoms with Crippen molar-refractivity contribution < 1.29 is 9.59 Å². The van der Waals surface area contributed by atoms with Crippen LogP contribution in [0.3, 0.4) is 0 Å². The summed E-state index contributed by atoms with van der Waals surface area (Å²) in [6.07, 6.45) is 5.38. The van der Waals surface area contributed by atoms with Crippen LogP contribution in [0.4, 0.5) is 0 Å². The van der Waals surface area contributed by atoms with Gasteiger partial charge in [0.2, 0.25) is 11.8 Å². The van der Waals surface area contributed by atoms with Gasteiger partial charge >= 0.3 is 0 Å². The lowest BCUT2D eigenvalue weighted by Gasteiger charge is -2.34. The number of nitrogens with zero attached hydrogens (tertiary/aromatic N) is 6. The Balaban J connectivity index is 1.05. The molecule has 4 heterocycles. The molecule has 2 fully saturated rings. The molecule has 2 aliphatic rings. The summed E-state index contributed by atoms with van der Waals surface area (Å²) in [5.41, 5.74) is 8.92. The first kappa shape index (κ1) is 39.3. The molecule has 58 heavy (non-hydrogen) atoms. The minimum absolute atomic E-state index is 0.107. The Bertz CT molecular complexity index is 2310. The number of carbonyl (C=O) groups excluding carboxylic acids is 2. The number of imidazole rings is 2. The van der Waals surface area contributed by atoms with E-state index in [-0.39, 0.29) is 36.0 Å². The number of rotatable bonds is 14. The van der Waals surface area contributed by atoms with E-state index in [0.717, 1.165) is 114 Å². The zero-order valence-electron chi connectivity index (χ0n) is 34.3. The second-order valence-electron chi connectivity index (χ2n) is 15.5. The van der Waals surface area contributed by atoms with Gasteiger partial charge in [0.15, 0.2) is 0 Å². The number of amides is 2. The average Bonchev–Trinajstić information content (AvgIpc) is 4.11. The number of aromatic amines is 2. The number of benzene rings is 4. The number of fused-ring (bicyclic) bond motifs is 1. The second kappa shape index (κ2) is 17.5. The number of hydrogen-bond acceptors (Lipinski definition) is 6. The standard InChI is InChI=1S/C48H56N8O2/c1-5-53(6-2)44(33-18-11-9-12-19-33)47(57)55-28-16-24-40(55)43-42(49-32-50-43)37-23-15-22-35(30-37)36-26-27-38-39(31-36)52-46(51-38)41-25-17-29-56(41)48(58)45(54(7-3)8-4)34-20-13-10-14-21-34/h9-15,18-23,26-27,30-32,40-41,44-45H,5-8,16-17,24-25,28-29H2,1-4H3,(H,49,50)(H,51,52)/t40-,41-,44+,45+/m0/s1. The minimum Gasteiger partial charge on any atom is -0.344 e. The third kappa shape index (κ3) is 7.58. The maximum Gasteiger partial charge on any atom is 0.245 e. The molecule has 6 aromatic rings. The molecule has 4 aromatic carbocycles. The molecule has 2 amide bonds. The minimum atomic E-state index is -0.337. The summed E-state index contributed by atoms with van der Waals surface area (Å²) in [5.74, 6) is 1.11. The van der Waals surface area contributed by atoms with Crippen LogP contribution in [0.2, 0.25) is 0 Å². The molecular formula is C48H56N8O2. The Morgan fingerprint density at radius 2 is 1.22 bits per heavy atom. The molecule has 300 valence electrons. The van der Waals surface area contributed by atoms with E-state index in [2.05, 4.69) is 119 Å². The van der Waals surface area contributed by atoms with E-state index in [4.69, 9.17) is 9.97 Å². The van der Waals surface area contributed by atoms with Crippen molar-refractivity contribution in [2.45, 2.75) is 77.5 Å². The fraction of sp³-hybridized carbons (Fsp3) is 0.375. The number of hydrogen-bond donors (Lipinski definition) is 2. The van der Waals surface area contributed by atoms with Gasteiger partial charge in [0, 0.05) is 18.7 Å². The topological polar surface area (TPSA) is 104 Å². The highest BCUT2D eigenvalue weighted by Crippen LogP contribution is 2.40. The molecule has 8 rings (SSSR count). The van der Waals surface area contributed by atoms with Gasteiger partial charge in [-0.3, -0.25) is 19.4 Å². The highest BCUT2D eigenvalue weighted by Gasteiger charge is 2.40. The van der Waals surface area contributed by atoms with Crippen LogP contribution >= 0.6 is 0 Å². The van der Waals surface area contributed by atoms with Crippen molar-refractivity contribution in [3.05, 3.63) is 132 Å². The summed E-state index contributed by atoms with van der Waals surface area (Å²) < 4.78 is 0. The van der Waals surface area contributed by atoms with E-state index >= 15 is 0 Å². The zero-order chi connectivity index (χ0) is 40.2. The average molecular weight is 777 g/mol. The fourth-order valence-corrected chi connectivity index (χ4v) is 9.42. The van der Waals surface area contributed by atoms with E-state index in [0.29, 0.717) is 6.54 Å². The summed E-state index contributed by atoms with van der Waals surface area (Å²) in [6, 6.07) is 34.4. The van der Waals surface area contributed by atoms with Gasteiger partial charge in [-0.05, 0) is 92.3 Å². The SMILES string of the molecule is CCN(CC)[C@@H](C(=O)N1CCC[C@H]1c1nc2ccc(-c3cccc(-c4[nH]cnc4[C@@H]4CCCN4C(=O)[C@@H](c4ccccc4)N(CC)CC)c3)cc2[nH]1)c1ccccc1. The fourth-order valence-electron chi connectivity index (χ4n) is 9.42. The van der Waals surface area contributed by atoms with Crippen LogP contribution in [0.1, 0.15) is 100 Å². The first-order valence-corrected chi connectivity index (χ1v) is 21.3. The van der Waals surface area contributed by atoms with Crippen LogP contribution in [-0.4, -0.2) is 90.6 Å². The molecule has 0 spiro atoms. The van der Waals surface area contributed by atoms with Gasteiger partial charge in [0.25, 0.3) is 0 Å². The Labute approximate surface area is 342 Å². The predicted octanol–water partition coefficient (Wildman–Crippen LogP) is 9.11. The molecule has 10 heteroatoms. The van der Waals surface area contributed by atoms with Gasteiger partial charge in [0.05, 0.1) is 40.8 Å². The van der Waals surface area contributed by atoms with Crippen LogP contribution < -0.4 is 0 Å². The largest absolute Gasteiger partial charge is 0.344 e. The molecule has 2 saturated heterocycles. The lowest BCUT2D eigenvalue weighted by atomic mass is 9.98. The van der Waals surface area contributed by atoms with E-state index in [9.17, 15) is 9.59 Å². The quantitative estimate of drug-likeness (QED) is 0.114. The Morgan fingerprint density at radius 3 is 1.83 bits per heavy atom. The molecule has 10 nitrogen and oxygen atoms in total. The zero-order valence-corrected chi connectivity index (χ0v) is 34.3. The van der Waals surface area contributed by atoms with Gasteiger partial charge in [-0.2, -0.15) is 0 Å². The molecule has 2 N–H and O–H groups in total. The summed E-state index contributed by atoms with van der Waals surface area (Å²) >= 11 is 0. The molecule has 0 unspecified atom stereocenters. The number of aromatic nitrogens is 4. The number of likely N-dealkylation sites (N-methyl/N-ethyl adjacent to an activating group) is 2. The van der Waals surface area contributed by atoms with E-state index in [1.807, 2.05) is 41.3 Å². The van der Waals surface area contributed by atoms with Crippen LogP contribution in [0.25, 0.3) is 33.4 Å². The lowest BCUT2D eigenvalue weighted by molar-refractivity contribution is -0.139. The van der Waals surface area contributed by atoms with Crippen molar-refractivity contribution in [2.75, 3.05) is 39.3 Å². The number of H-pyrrole nitrogens is 2. The summed E-state index contributed by atoms with van der Waals surface area (Å²) in [4.78, 5) is 54.5. The molecule has 0 aliphatic carbocycles. The Hall–Kier alpha value is -5.58. The lowest BCUT2D eigenvalue weighted by Crippen LogP contribution is -2.43. The van der Waals surface area contributed by atoms with Crippen molar-refractivity contribution in [3.63, 3.8) is 0 Å². The van der Waals surface area contributed by atoms with Gasteiger partial charge in [0.1, 0.15) is 17.9 Å². The first-order valence-electron chi connectivity index (χ1n) is 21.3. The predicted molar refractivity (Wildman–Crippen MR) is 231 cm³/mol. The third-order valence-electron chi connectivity index (χ3n) is 12.4. The maximum atomic E-state index is 14.5. The van der Waals surface area contributed by atoms with E-state index in [1.165, 1.54) is 0 Å². The number of nitrogens with one attached hydrogen (secondary N) is 2. The van der Waals surface area contributed by atoms with Crippen molar-refractivity contribution >= 4 is 22.8 Å². The molecule has 2 aromatic heterocycles. The van der Waals surface area contributed by atoms with Crippen LogP contribution in [0, 0.1) is 0 Å². The summed E-state index contributed by atoms with van der Waals surface area (Å²) in [6.45, 7) is 13.1. The summed E-state index contributed by atoms with van der Waals surface area (Å²) in [5, 5.41) is 0. The third-order valence-corrected chi connectivity index (χ3v) is 12.4. The van der Waals surface area contributed by atoms with Crippen LogP contribution in [0.15, 0.2) is 109 Å². The first-order chi connectivity index (χ1) is 28.4. The number of likely N-dealkylation sites (tertiary alicyclic amines) is 2. The second-order valence-corrected chi connectivity index (χ2v) is 15.5. The Morgan fingerprint density at radius 1 is 0.672 bits per heavy atom. The molecule has 2 aliphatic heterocycles. The summed E-state index contributed by atoms with van der Waals surface area (Å²) in [7, 11) is 0. The molecule has 0 radical (unpaired) electrons. The van der Waals surface area contributed by atoms with Crippen molar-refractivity contribution in [3.8, 4) is 22.4 Å². The Kier molecular flexibility index (Phi) is 11.8. The monoisotopic (exact) mass is 776 g/mol. The molecule has 0 bridgehead atoms. The van der Waals surface area contributed by atoms with Gasteiger partial charge in [-0.1, -0.05) is 113 Å². The number of carbonyl (C=O) groups is 2. The van der Waals surface area contributed by atoms with Gasteiger partial charge < -0.3 is 19.8 Å². The van der Waals surface area contributed by atoms with Crippen LogP contribution in [-0.2, 0) is 9.59 Å². The smallest absolute Gasteiger partial charge is 0.245 e. The normalized spacial score (nSPS) is 18.1. The van der Waals surface area contributed by atoms with Gasteiger partial charge in [-0.25, -0.2) is 9.97 Å². The molecule has 0 saturated carbocycles. The van der Waals surface area contributed by atoms with Crippen molar-refractivity contribution in [2.24, 2.45) is 0 Å². The molecule has 4 atom stereocenters. The van der Waals surface area contributed by atoms with Crippen molar-refractivity contribution in [1.82, 2.24) is 39.5 Å². The van der Waals surface area contributed by atoms with Crippen molar-refractivity contribution in [1.29, 1.82) is 0 Å².